The predicted molar refractivity (Wildman–Crippen MR) is 120 cm³/mol. The average Bonchev–Trinajstić information content (AvgIpc) is 2.74. The number of nitrogens with zero attached hydrogens (tertiary/aromatic N) is 1. The van der Waals surface area contributed by atoms with E-state index in [-0.39, 0.29) is 10.8 Å². The van der Waals surface area contributed by atoms with E-state index in [0.29, 0.717) is 23.4 Å². The van der Waals surface area contributed by atoms with Crippen LogP contribution in [-0.4, -0.2) is 27.9 Å². The Kier molecular flexibility index (Phi) is 6.57. The minimum atomic E-state index is -3.68. The van der Waals surface area contributed by atoms with Gasteiger partial charge in [-0.3, -0.25) is 9.10 Å². The lowest BCUT2D eigenvalue weighted by atomic mass is 10.1. The molecule has 0 bridgehead atoms. The van der Waals surface area contributed by atoms with E-state index in [1.807, 2.05) is 37.3 Å². The molecule has 3 aromatic rings. The highest BCUT2D eigenvalue weighted by Gasteiger charge is 2.22. The molecule has 3 aromatic carbocycles. The topological polar surface area (TPSA) is 66.5 Å². The summed E-state index contributed by atoms with van der Waals surface area (Å²) in [6, 6.07) is 21.7. The molecule has 0 unspecified atom stereocenters. The van der Waals surface area contributed by atoms with Crippen LogP contribution in [0.1, 0.15) is 27.0 Å². The summed E-state index contributed by atoms with van der Waals surface area (Å²) in [7, 11) is -2.15. The molecule has 6 heteroatoms. The van der Waals surface area contributed by atoms with E-state index in [2.05, 4.69) is 5.32 Å². The van der Waals surface area contributed by atoms with Gasteiger partial charge in [0.1, 0.15) is 0 Å². The van der Waals surface area contributed by atoms with E-state index in [1.165, 1.54) is 11.4 Å². The summed E-state index contributed by atoms with van der Waals surface area (Å²) >= 11 is 0. The van der Waals surface area contributed by atoms with Gasteiger partial charge in [0.2, 0.25) is 0 Å². The van der Waals surface area contributed by atoms with Gasteiger partial charge in [0.15, 0.2) is 0 Å². The van der Waals surface area contributed by atoms with Gasteiger partial charge in [-0.25, -0.2) is 8.42 Å². The second-order valence-electron chi connectivity index (χ2n) is 7.28. The maximum Gasteiger partial charge on any atom is 0.264 e. The standard InChI is InChI=1S/C24H26N2O3S/c1-18-9-12-22(13-10-18)30(28,29)26(3)23-14-11-21(17-19(23)2)24(27)25-16-15-20-7-5-4-6-8-20/h4-14,17H,15-16H2,1-3H3,(H,25,27). The Labute approximate surface area is 178 Å². The van der Waals surface area contributed by atoms with Crippen LogP contribution in [0.5, 0.6) is 0 Å². The quantitative estimate of drug-likeness (QED) is 0.623. The Morgan fingerprint density at radius 3 is 2.23 bits per heavy atom. The molecule has 0 aliphatic carbocycles. The second-order valence-corrected chi connectivity index (χ2v) is 9.25. The zero-order valence-electron chi connectivity index (χ0n) is 17.4. The normalized spacial score (nSPS) is 11.2. The van der Waals surface area contributed by atoms with E-state index in [1.54, 1.807) is 49.4 Å². The SMILES string of the molecule is Cc1ccc(S(=O)(=O)N(C)c2ccc(C(=O)NCCc3ccccc3)cc2C)cc1. The fourth-order valence-corrected chi connectivity index (χ4v) is 4.47. The van der Waals surface area contributed by atoms with Crippen LogP contribution in [0.2, 0.25) is 0 Å². The van der Waals surface area contributed by atoms with Crippen molar-refractivity contribution in [2.24, 2.45) is 0 Å². The summed E-state index contributed by atoms with van der Waals surface area (Å²) in [5, 5.41) is 2.91. The van der Waals surface area contributed by atoms with Crippen LogP contribution < -0.4 is 9.62 Å². The van der Waals surface area contributed by atoms with Crippen molar-refractivity contribution in [2.45, 2.75) is 25.2 Å². The molecular weight excluding hydrogens is 396 g/mol. The third-order valence-electron chi connectivity index (χ3n) is 5.02. The third-order valence-corrected chi connectivity index (χ3v) is 6.81. The van der Waals surface area contributed by atoms with Gasteiger partial charge in [0.05, 0.1) is 10.6 Å². The molecule has 0 aliphatic heterocycles. The molecule has 156 valence electrons. The first kappa shape index (κ1) is 21.6. The van der Waals surface area contributed by atoms with Gasteiger partial charge in [-0.15, -0.1) is 0 Å². The van der Waals surface area contributed by atoms with Crippen LogP contribution in [0.4, 0.5) is 5.69 Å². The van der Waals surface area contributed by atoms with Crippen molar-refractivity contribution < 1.29 is 13.2 Å². The van der Waals surface area contributed by atoms with Crippen molar-refractivity contribution in [3.8, 4) is 0 Å². The number of hydrogen-bond donors (Lipinski definition) is 1. The molecule has 0 radical (unpaired) electrons. The van der Waals surface area contributed by atoms with Gasteiger partial charge in [-0.05, 0) is 61.7 Å². The summed E-state index contributed by atoms with van der Waals surface area (Å²) in [6.07, 6.45) is 0.751. The van der Waals surface area contributed by atoms with E-state index in [9.17, 15) is 13.2 Å². The van der Waals surface area contributed by atoms with E-state index >= 15 is 0 Å². The van der Waals surface area contributed by atoms with E-state index < -0.39 is 10.0 Å². The molecule has 1 N–H and O–H groups in total. The van der Waals surface area contributed by atoms with Crippen LogP contribution in [-0.2, 0) is 16.4 Å². The molecule has 0 atom stereocenters. The largest absolute Gasteiger partial charge is 0.352 e. The van der Waals surface area contributed by atoms with Crippen molar-refractivity contribution in [3.05, 3.63) is 95.1 Å². The van der Waals surface area contributed by atoms with Gasteiger partial charge in [-0.1, -0.05) is 48.0 Å². The predicted octanol–water partition coefficient (Wildman–Crippen LogP) is 4.10. The van der Waals surface area contributed by atoms with Crippen molar-refractivity contribution in [3.63, 3.8) is 0 Å². The van der Waals surface area contributed by atoms with Crippen molar-refractivity contribution in [1.29, 1.82) is 0 Å². The molecular formula is C24H26N2O3S. The van der Waals surface area contributed by atoms with Gasteiger partial charge in [0, 0.05) is 19.2 Å². The highest BCUT2D eigenvalue weighted by atomic mass is 32.2. The molecule has 0 saturated carbocycles. The molecule has 3 rings (SSSR count). The fourth-order valence-electron chi connectivity index (χ4n) is 3.21. The number of rotatable bonds is 7. The summed E-state index contributed by atoms with van der Waals surface area (Å²) < 4.78 is 27.1. The van der Waals surface area contributed by atoms with Crippen LogP contribution in [0.25, 0.3) is 0 Å². The Morgan fingerprint density at radius 2 is 1.60 bits per heavy atom. The maximum absolute atomic E-state index is 12.9. The van der Waals surface area contributed by atoms with Crippen LogP contribution in [0, 0.1) is 13.8 Å². The van der Waals surface area contributed by atoms with Crippen LogP contribution in [0.3, 0.4) is 0 Å². The van der Waals surface area contributed by atoms with E-state index in [0.717, 1.165) is 17.5 Å². The van der Waals surface area contributed by atoms with Crippen molar-refractivity contribution in [2.75, 3.05) is 17.9 Å². The number of anilines is 1. The molecule has 0 fully saturated rings. The molecule has 0 heterocycles. The molecule has 1 amide bonds. The van der Waals surface area contributed by atoms with Crippen LogP contribution in [0.15, 0.2) is 77.7 Å². The molecule has 5 nitrogen and oxygen atoms in total. The van der Waals surface area contributed by atoms with Gasteiger partial charge < -0.3 is 5.32 Å². The van der Waals surface area contributed by atoms with Crippen LogP contribution >= 0.6 is 0 Å². The number of amides is 1. The van der Waals surface area contributed by atoms with Gasteiger partial charge in [-0.2, -0.15) is 0 Å². The molecule has 30 heavy (non-hydrogen) atoms. The first-order chi connectivity index (χ1) is 14.3. The first-order valence-corrected chi connectivity index (χ1v) is 11.2. The highest BCUT2D eigenvalue weighted by molar-refractivity contribution is 7.92. The Balaban J connectivity index is 1.71. The number of sulfonamides is 1. The summed E-state index contributed by atoms with van der Waals surface area (Å²) in [5.41, 5.74) is 3.91. The number of benzene rings is 3. The monoisotopic (exact) mass is 422 g/mol. The summed E-state index contributed by atoms with van der Waals surface area (Å²) in [6.45, 7) is 4.25. The Hall–Kier alpha value is -3.12. The lowest BCUT2D eigenvalue weighted by Crippen LogP contribution is -2.28. The number of nitrogens with one attached hydrogen (secondary N) is 1. The first-order valence-electron chi connectivity index (χ1n) is 9.77. The van der Waals surface area contributed by atoms with Crippen molar-refractivity contribution >= 4 is 21.6 Å². The fraction of sp³-hybridized carbons (Fsp3) is 0.208. The minimum absolute atomic E-state index is 0.176. The Bertz CT molecular complexity index is 1120. The molecule has 0 spiro atoms. The molecule has 0 aliphatic rings. The minimum Gasteiger partial charge on any atom is -0.352 e. The summed E-state index contributed by atoms with van der Waals surface area (Å²) in [5.74, 6) is -0.176. The number of carbonyl (C=O) groups excluding carboxylic acids is 1. The van der Waals surface area contributed by atoms with Crippen molar-refractivity contribution in [1.82, 2.24) is 5.32 Å². The Morgan fingerprint density at radius 1 is 0.933 bits per heavy atom. The lowest BCUT2D eigenvalue weighted by molar-refractivity contribution is 0.0954. The number of carbonyl (C=O) groups is 1. The highest BCUT2D eigenvalue weighted by Crippen LogP contribution is 2.26. The third kappa shape index (κ3) is 4.89. The lowest BCUT2D eigenvalue weighted by Gasteiger charge is -2.22. The number of hydrogen-bond acceptors (Lipinski definition) is 3. The average molecular weight is 423 g/mol. The number of aryl methyl sites for hydroxylation is 2. The van der Waals surface area contributed by atoms with E-state index in [4.69, 9.17) is 0 Å². The summed E-state index contributed by atoms with van der Waals surface area (Å²) in [4.78, 5) is 12.7. The van der Waals surface area contributed by atoms with Gasteiger partial charge >= 0.3 is 0 Å². The second kappa shape index (κ2) is 9.13. The zero-order chi connectivity index (χ0) is 21.7. The smallest absolute Gasteiger partial charge is 0.264 e. The van der Waals surface area contributed by atoms with Gasteiger partial charge in [0.25, 0.3) is 15.9 Å². The molecule has 0 saturated heterocycles. The zero-order valence-corrected chi connectivity index (χ0v) is 18.2. The maximum atomic E-state index is 12.9. The molecule has 0 aromatic heterocycles.